The minimum absolute atomic E-state index is 0.283. The minimum Gasteiger partial charge on any atom is -0.496 e. The summed E-state index contributed by atoms with van der Waals surface area (Å²) in [6.45, 7) is 11.7. The fourth-order valence-electron chi connectivity index (χ4n) is 3.56. The first-order valence-corrected chi connectivity index (χ1v) is 11.5. The van der Waals surface area contributed by atoms with E-state index >= 15 is 0 Å². The lowest BCUT2D eigenvalue weighted by Gasteiger charge is -2.23. The number of likely N-dealkylation sites (tertiary alicyclic amines) is 1. The fourth-order valence-corrected chi connectivity index (χ4v) is 4.93. The van der Waals surface area contributed by atoms with E-state index in [-0.39, 0.29) is 5.91 Å². The number of carbonyl (C=O) groups is 1. The number of hydrogen-bond acceptors (Lipinski definition) is 5. The van der Waals surface area contributed by atoms with Crippen LogP contribution in [0.25, 0.3) is 0 Å². The Morgan fingerprint density at radius 1 is 1.31 bits per heavy atom. The smallest absolute Gasteiger partial charge is 0.299 e. The van der Waals surface area contributed by atoms with Crippen molar-refractivity contribution < 1.29 is 17.9 Å². The molecule has 0 spiro atoms. The van der Waals surface area contributed by atoms with Gasteiger partial charge in [0, 0.05) is 18.1 Å². The number of benzene rings is 1. The number of likely N-dealkylation sites (N-methyl/N-ethyl adjacent to an activating group) is 1. The van der Waals surface area contributed by atoms with Crippen molar-refractivity contribution in [3.8, 4) is 5.75 Å². The topological polar surface area (TPSA) is 99.8 Å². The van der Waals surface area contributed by atoms with Gasteiger partial charge in [0.1, 0.15) is 5.75 Å². The molecule has 1 atom stereocenters. The lowest BCUT2D eigenvalue weighted by Crippen LogP contribution is -2.43. The fraction of sp³-hybridized carbons (Fsp3) is 0.650. The molecule has 1 fully saturated rings. The summed E-state index contributed by atoms with van der Waals surface area (Å²) in [6, 6.07) is 3.52. The van der Waals surface area contributed by atoms with E-state index in [0.717, 1.165) is 25.9 Å². The quantitative estimate of drug-likeness (QED) is 0.592. The standard InChI is InChI=1S/C20H34N4O4S/c1-7-24-10-8-9-15(24)13-21-19(25)16-12-17(14(2)11-18(16)28-6)22-29(26,27)23-20(3,4)5/h11-12,15,22-23H,7-10,13H2,1-6H3,(H,21,25). The van der Waals surface area contributed by atoms with E-state index in [9.17, 15) is 13.2 Å². The van der Waals surface area contributed by atoms with E-state index in [0.29, 0.717) is 35.2 Å². The molecule has 1 heterocycles. The van der Waals surface area contributed by atoms with Gasteiger partial charge in [-0.2, -0.15) is 13.1 Å². The van der Waals surface area contributed by atoms with E-state index < -0.39 is 15.7 Å². The molecule has 9 heteroatoms. The maximum Gasteiger partial charge on any atom is 0.299 e. The van der Waals surface area contributed by atoms with Crippen LogP contribution in [0.15, 0.2) is 12.1 Å². The summed E-state index contributed by atoms with van der Waals surface area (Å²) >= 11 is 0. The van der Waals surface area contributed by atoms with Crippen LogP contribution in [0.4, 0.5) is 5.69 Å². The summed E-state index contributed by atoms with van der Waals surface area (Å²) < 4.78 is 35.3. The molecule has 1 aromatic carbocycles. The molecule has 8 nitrogen and oxygen atoms in total. The highest BCUT2D eigenvalue weighted by atomic mass is 32.2. The van der Waals surface area contributed by atoms with Crippen LogP contribution in [0, 0.1) is 6.92 Å². The van der Waals surface area contributed by atoms with E-state index in [4.69, 9.17) is 4.74 Å². The first kappa shape index (κ1) is 23.4. The normalized spacial score (nSPS) is 17.9. The molecule has 29 heavy (non-hydrogen) atoms. The number of aryl methyl sites for hydroxylation is 1. The van der Waals surface area contributed by atoms with Crippen molar-refractivity contribution in [3.63, 3.8) is 0 Å². The molecule has 0 radical (unpaired) electrons. The second-order valence-corrected chi connectivity index (χ2v) is 9.87. The second kappa shape index (κ2) is 9.32. The van der Waals surface area contributed by atoms with Crippen LogP contribution >= 0.6 is 0 Å². The summed E-state index contributed by atoms with van der Waals surface area (Å²) in [6.07, 6.45) is 2.19. The highest BCUT2D eigenvalue weighted by Crippen LogP contribution is 2.28. The molecular formula is C20H34N4O4S. The van der Waals surface area contributed by atoms with Crippen molar-refractivity contribution in [1.82, 2.24) is 14.9 Å². The maximum absolute atomic E-state index is 12.8. The average molecular weight is 427 g/mol. The lowest BCUT2D eigenvalue weighted by molar-refractivity contribution is 0.0938. The minimum atomic E-state index is -3.79. The highest BCUT2D eigenvalue weighted by Gasteiger charge is 2.25. The molecule has 1 amide bonds. The van der Waals surface area contributed by atoms with Crippen molar-refractivity contribution in [3.05, 3.63) is 23.3 Å². The molecule has 1 aromatic rings. The maximum atomic E-state index is 12.8. The van der Waals surface area contributed by atoms with Crippen LogP contribution in [-0.4, -0.2) is 57.5 Å². The van der Waals surface area contributed by atoms with Crippen LogP contribution in [0.1, 0.15) is 56.5 Å². The molecular weight excluding hydrogens is 392 g/mol. The highest BCUT2D eigenvalue weighted by molar-refractivity contribution is 7.90. The Balaban J connectivity index is 2.20. The number of ether oxygens (including phenoxy) is 1. The number of rotatable bonds is 8. The van der Waals surface area contributed by atoms with Crippen molar-refractivity contribution in [2.75, 3.05) is 31.5 Å². The van der Waals surface area contributed by atoms with Gasteiger partial charge in [-0.15, -0.1) is 0 Å². The molecule has 2 rings (SSSR count). The van der Waals surface area contributed by atoms with Gasteiger partial charge in [0.05, 0.1) is 18.4 Å². The Labute approximate surface area is 174 Å². The number of carbonyl (C=O) groups excluding carboxylic acids is 1. The molecule has 164 valence electrons. The first-order chi connectivity index (χ1) is 13.5. The third-order valence-corrected chi connectivity index (χ3v) is 6.25. The Bertz CT molecular complexity index is 834. The van der Waals surface area contributed by atoms with Gasteiger partial charge in [-0.3, -0.25) is 14.4 Å². The van der Waals surface area contributed by atoms with Crippen molar-refractivity contribution in [1.29, 1.82) is 0 Å². The lowest BCUT2D eigenvalue weighted by atomic mass is 10.1. The molecule has 1 aliphatic heterocycles. The molecule has 0 aliphatic carbocycles. The first-order valence-electron chi connectivity index (χ1n) is 9.98. The van der Waals surface area contributed by atoms with Gasteiger partial charge in [-0.1, -0.05) is 6.92 Å². The average Bonchev–Trinajstić information content (AvgIpc) is 3.06. The number of methoxy groups -OCH3 is 1. The van der Waals surface area contributed by atoms with E-state index in [1.54, 1.807) is 33.8 Å². The Kier molecular flexibility index (Phi) is 7.53. The van der Waals surface area contributed by atoms with Gasteiger partial charge in [0.25, 0.3) is 16.1 Å². The molecule has 0 bridgehead atoms. The van der Waals surface area contributed by atoms with Crippen molar-refractivity contribution >= 4 is 21.8 Å². The van der Waals surface area contributed by atoms with E-state index in [1.807, 2.05) is 0 Å². The molecule has 1 aliphatic rings. The van der Waals surface area contributed by atoms with Crippen LogP contribution in [-0.2, 0) is 10.2 Å². The summed E-state index contributed by atoms with van der Waals surface area (Å²) in [5.41, 5.74) is 0.667. The third-order valence-electron chi connectivity index (χ3n) is 4.88. The zero-order valence-electron chi connectivity index (χ0n) is 18.3. The SMILES string of the molecule is CCN1CCCC1CNC(=O)c1cc(NS(=O)(=O)NC(C)(C)C)c(C)cc1OC. The predicted octanol–water partition coefficient (Wildman–Crippen LogP) is 2.26. The summed E-state index contributed by atoms with van der Waals surface area (Å²) in [5.74, 6) is 0.125. The van der Waals surface area contributed by atoms with Gasteiger partial charge < -0.3 is 10.1 Å². The van der Waals surface area contributed by atoms with Crippen LogP contribution in [0.2, 0.25) is 0 Å². The molecule has 3 N–H and O–H groups in total. The van der Waals surface area contributed by atoms with Gasteiger partial charge in [-0.25, -0.2) is 0 Å². The molecule has 1 saturated heterocycles. The monoisotopic (exact) mass is 426 g/mol. The zero-order valence-corrected chi connectivity index (χ0v) is 19.1. The van der Waals surface area contributed by atoms with Crippen LogP contribution < -0.4 is 19.5 Å². The summed E-state index contributed by atoms with van der Waals surface area (Å²) in [4.78, 5) is 15.2. The number of anilines is 1. The number of amides is 1. The van der Waals surface area contributed by atoms with E-state index in [2.05, 4.69) is 26.6 Å². The van der Waals surface area contributed by atoms with Crippen LogP contribution in [0.3, 0.4) is 0 Å². The van der Waals surface area contributed by atoms with Gasteiger partial charge in [0.2, 0.25) is 0 Å². The number of hydrogen-bond donors (Lipinski definition) is 3. The Hall–Kier alpha value is -1.84. The largest absolute Gasteiger partial charge is 0.496 e. The van der Waals surface area contributed by atoms with Crippen LogP contribution in [0.5, 0.6) is 5.75 Å². The summed E-state index contributed by atoms with van der Waals surface area (Å²) in [5, 5.41) is 2.97. The van der Waals surface area contributed by atoms with Crippen molar-refractivity contribution in [2.24, 2.45) is 0 Å². The number of nitrogens with zero attached hydrogens (tertiary/aromatic N) is 1. The second-order valence-electron chi connectivity index (χ2n) is 8.46. The Morgan fingerprint density at radius 2 is 2.00 bits per heavy atom. The van der Waals surface area contributed by atoms with Gasteiger partial charge in [0.15, 0.2) is 0 Å². The van der Waals surface area contributed by atoms with E-state index in [1.165, 1.54) is 13.2 Å². The van der Waals surface area contributed by atoms with Gasteiger partial charge in [-0.05, 0) is 71.3 Å². The molecule has 0 aromatic heterocycles. The van der Waals surface area contributed by atoms with Crippen molar-refractivity contribution in [2.45, 2.75) is 59.0 Å². The zero-order chi connectivity index (χ0) is 21.8. The molecule has 1 unspecified atom stereocenters. The number of nitrogens with one attached hydrogen (secondary N) is 3. The molecule has 0 saturated carbocycles. The third kappa shape index (κ3) is 6.58. The Morgan fingerprint density at radius 3 is 2.59 bits per heavy atom. The predicted molar refractivity (Wildman–Crippen MR) is 116 cm³/mol. The summed E-state index contributed by atoms with van der Waals surface area (Å²) in [7, 11) is -2.30. The van der Waals surface area contributed by atoms with Gasteiger partial charge >= 0.3 is 0 Å².